The number of hydrogen-bond acceptors (Lipinski definition) is 2. The van der Waals surface area contributed by atoms with Crippen LogP contribution in [-0.2, 0) is 4.79 Å². The highest BCUT2D eigenvalue weighted by molar-refractivity contribution is 6.14. The van der Waals surface area contributed by atoms with Crippen molar-refractivity contribution in [3.63, 3.8) is 0 Å². The molecule has 76 valence electrons. The minimum atomic E-state index is -0.230. The molecule has 15 heavy (non-hydrogen) atoms. The molecule has 1 aromatic carbocycles. The molecule has 1 amide bonds. The summed E-state index contributed by atoms with van der Waals surface area (Å²) in [4.78, 5) is 13.0. The molecule has 1 aliphatic rings. The summed E-state index contributed by atoms with van der Waals surface area (Å²) in [6, 6.07) is 9.56. The lowest BCUT2D eigenvalue weighted by molar-refractivity contribution is -0.115. The first-order valence-corrected chi connectivity index (χ1v) is 4.59. The summed E-state index contributed by atoms with van der Waals surface area (Å²) in [7, 11) is 1.69. The Bertz CT molecular complexity index is 436. The van der Waals surface area contributed by atoms with Crippen LogP contribution >= 0.6 is 0 Å². The van der Waals surface area contributed by atoms with Gasteiger partial charge in [0, 0.05) is 7.05 Å². The average Bonchev–Trinajstić information content (AvgIpc) is 2.47. The molecule has 1 aliphatic heterocycles. The van der Waals surface area contributed by atoms with Crippen LogP contribution < -0.4 is 5.32 Å². The van der Waals surface area contributed by atoms with Crippen molar-refractivity contribution < 1.29 is 4.79 Å². The van der Waals surface area contributed by atoms with Crippen molar-refractivity contribution >= 4 is 17.9 Å². The van der Waals surface area contributed by atoms with Gasteiger partial charge in [0.25, 0.3) is 5.91 Å². The molecular weight excluding hydrogens is 190 g/mol. The molecule has 1 heterocycles. The second-order valence-corrected chi connectivity index (χ2v) is 3.30. The van der Waals surface area contributed by atoms with Crippen molar-refractivity contribution in [3.05, 3.63) is 41.6 Å². The van der Waals surface area contributed by atoms with Crippen molar-refractivity contribution in [2.24, 2.45) is 0 Å². The zero-order valence-corrected chi connectivity index (χ0v) is 8.32. The molecule has 2 rings (SSSR count). The Kier molecular flexibility index (Phi) is 2.25. The van der Waals surface area contributed by atoms with Crippen LogP contribution in [0.4, 0.5) is 0 Å². The summed E-state index contributed by atoms with van der Waals surface area (Å²) in [6.07, 6.45) is 1.76. The highest BCUT2D eigenvalue weighted by atomic mass is 16.2. The molecule has 2 N–H and O–H groups in total. The average molecular weight is 201 g/mol. The smallest absolute Gasteiger partial charge is 0.274 e. The Morgan fingerprint density at radius 2 is 2.00 bits per heavy atom. The molecule has 0 aromatic heterocycles. The number of carbonyl (C=O) groups is 1. The van der Waals surface area contributed by atoms with E-state index in [4.69, 9.17) is 5.41 Å². The van der Waals surface area contributed by atoms with E-state index in [0.717, 1.165) is 5.56 Å². The summed E-state index contributed by atoms with van der Waals surface area (Å²) >= 11 is 0. The van der Waals surface area contributed by atoms with Crippen molar-refractivity contribution in [2.75, 3.05) is 7.05 Å². The van der Waals surface area contributed by atoms with E-state index in [1.165, 1.54) is 4.90 Å². The first-order valence-electron chi connectivity index (χ1n) is 4.59. The van der Waals surface area contributed by atoms with Crippen LogP contribution in [0.2, 0.25) is 0 Å². The van der Waals surface area contributed by atoms with E-state index in [0.29, 0.717) is 5.70 Å². The number of hydrogen-bond donors (Lipinski definition) is 2. The van der Waals surface area contributed by atoms with Crippen LogP contribution in [0, 0.1) is 5.41 Å². The highest BCUT2D eigenvalue weighted by Gasteiger charge is 2.26. The largest absolute Gasteiger partial charge is 0.311 e. The molecule has 1 fully saturated rings. The molecule has 0 saturated carbocycles. The third-order valence-electron chi connectivity index (χ3n) is 2.26. The van der Waals surface area contributed by atoms with Crippen LogP contribution in [0.3, 0.4) is 0 Å². The number of benzene rings is 1. The highest BCUT2D eigenvalue weighted by Crippen LogP contribution is 2.13. The topological polar surface area (TPSA) is 56.2 Å². The van der Waals surface area contributed by atoms with Gasteiger partial charge in [0.05, 0.1) is 0 Å². The lowest BCUT2D eigenvalue weighted by Gasteiger charge is -2.08. The minimum absolute atomic E-state index is 0.113. The van der Waals surface area contributed by atoms with E-state index >= 15 is 0 Å². The first kappa shape index (κ1) is 9.45. The first-order chi connectivity index (χ1) is 7.18. The van der Waals surface area contributed by atoms with Gasteiger partial charge < -0.3 is 4.90 Å². The van der Waals surface area contributed by atoms with Gasteiger partial charge in [-0.15, -0.1) is 0 Å². The zero-order chi connectivity index (χ0) is 10.8. The maximum absolute atomic E-state index is 11.4. The molecule has 0 unspecified atom stereocenters. The predicted octanol–water partition coefficient (Wildman–Crippen LogP) is 1.02. The summed E-state index contributed by atoms with van der Waals surface area (Å²) < 4.78 is 0. The molecule has 1 aromatic rings. The Labute approximate surface area is 87.7 Å². The van der Waals surface area contributed by atoms with Gasteiger partial charge in [-0.1, -0.05) is 30.3 Å². The fraction of sp³-hybridized carbons (Fsp3) is 0.0909. The van der Waals surface area contributed by atoms with E-state index in [1.54, 1.807) is 13.1 Å². The third kappa shape index (κ3) is 1.74. The minimum Gasteiger partial charge on any atom is -0.311 e. The normalized spacial score (nSPS) is 18.5. The number of carbonyl (C=O) groups excluding carboxylic acids is 1. The van der Waals surface area contributed by atoms with Gasteiger partial charge in [-0.05, 0) is 11.6 Å². The number of amides is 1. The van der Waals surface area contributed by atoms with Crippen LogP contribution in [0.25, 0.3) is 6.08 Å². The van der Waals surface area contributed by atoms with Crippen LogP contribution in [0.5, 0.6) is 0 Å². The van der Waals surface area contributed by atoms with Crippen LogP contribution in [-0.4, -0.2) is 23.8 Å². The van der Waals surface area contributed by atoms with Gasteiger partial charge in [0.2, 0.25) is 5.96 Å². The summed E-state index contributed by atoms with van der Waals surface area (Å²) in [5.74, 6) is -0.117. The van der Waals surface area contributed by atoms with E-state index in [9.17, 15) is 4.79 Å². The molecule has 0 aliphatic carbocycles. The van der Waals surface area contributed by atoms with Crippen molar-refractivity contribution in [1.29, 1.82) is 5.41 Å². The van der Waals surface area contributed by atoms with Gasteiger partial charge in [-0.3, -0.25) is 15.5 Å². The third-order valence-corrected chi connectivity index (χ3v) is 2.26. The second-order valence-electron chi connectivity index (χ2n) is 3.30. The number of rotatable bonds is 1. The van der Waals surface area contributed by atoms with Gasteiger partial charge >= 0.3 is 0 Å². The molecule has 4 heteroatoms. The molecule has 0 bridgehead atoms. The SMILES string of the molecule is CN1C(=N)NC(=O)/C1=C/c1ccccc1. The fourth-order valence-corrected chi connectivity index (χ4v) is 1.40. The Hall–Kier alpha value is -2.10. The number of nitrogens with zero attached hydrogens (tertiary/aromatic N) is 1. The summed E-state index contributed by atoms with van der Waals surface area (Å²) in [5.41, 5.74) is 1.44. The van der Waals surface area contributed by atoms with Gasteiger partial charge in [0.1, 0.15) is 5.70 Å². The molecule has 4 nitrogen and oxygen atoms in total. The lowest BCUT2D eigenvalue weighted by Crippen LogP contribution is -2.25. The maximum atomic E-state index is 11.4. The van der Waals surface area contributed by atoms with E-state index in [1.807, 2.05) is 30.3 Å². The maximum Gasteiger partial charge on any atom is 0.274 e. The van der Waals surface area contributed by atoms with Gasteiger partial charge in [0.15, 0.2) is 0 Å². The second kappa shape index (κ2) is 3.57. The Balaban J connectivity index is 2.35. The molecule has 0 radical (unpaired) electrons. The lowest BCUT2D eigenvalue weighted by atomic mass is 10.2. The number of nitrogens with one attached hydrogen (secondary N) is 2. The van der Waals surface area contributed by atoms with Crippen molar-refractivity contribution in [3.8, 4) is 0 Å². The quantitative estimate of drug-likeness (QED) is 0.666. The van der Waals surface area contributed by atoms with Crippen molar-refractivity contribution in [1.82, 2.24) is 10.2 Å². The Morgan fingerprint density at radius 3 is 2.53 bits per heavy atom. The fourth-order valence-electron chi connectivity index (χ4n) is 1.40. The van der Waals surface area contributed by atoms with E-state index < -0.39 is 0 Å². The van der Waals surface area contributed by atoms with Crippen LogP contribution in [0.1, 0.15) is 5.56 Å². The predicted molar refractivity (Wildman–Crippen MR) is 58.1 cm³/mol. The monoisotopic (exact) mass is 201 g/mol. The molecule has 0 spiro atoms. The summed E-state index contributed by atoms with van der Waals surface area (Å²) in [5, 5.41) is 9.87. The van der Waals surface area contributed by atoms with E-state index in [-0.39, 0.29) is 11.9 Å². The molecule has 0 atom stereocenters. The number of likely N-dealkylation sites (N-methyl/N-ethyl adjacent to an activating group) is 1. The summed E-state index contributed by atoms with van der Waals surface area (Å²) in [6.45, 7) is 0. The van der Waals surface area contributed by atoms with Gasteiger partial charge in [-0.25, -0.2) is 0 Å². The standard InChI is InChI=1S/C11H11N3O/c1-14-9(10(15)13-11(14)12)7-8-5-3-2-4-6-8/h2-7H,1H3,(H2,12,13,15)/b9-7-. The number of guanidine groups is 1. The van der Waals surface area contributed by atoms with Crippen LogP contribution in [0.15, 0.2) is 36.0 Å². The molecular formula is C11H11N3O. The van der Waals surface area contributed by atoms with Gasteiger partial charge in [-0.2, -0.15) is 0 Å². The molecule has 1 saturated heterocycles. The Morgan fingerprint density at radius 1 is 1.33 bits per heavy atom. The zero-order valence-electron chi connectivity index (χ0n) is 8.32. The van der Waals surface area contributed by atoms with E-state index in [2.05, 4.69) is 5.32 Å². The van der Waals surface area contributed by atoms with Crippen molar-refractivity contribution in [2.45, 2.75) is 0 Å².